The molecule has 0 spiro atoms. The third-order valence-corrected chi connectivity index (χ3v) is 4.22. The molecule has 130 valence electrons. The number of hydrogen-bond donors (Lipinski definition) is 1. The van der Waals surface area contributed by atoms with Crippen LogP contribution in [0.2, 0.25) is 0 Å². The molecule has 25 heavy (non-hydrogen) atoms. The van der Waals surface area contributed by atoms with Crippen LogP contribution in [0.15, 0.2) is 54.6 Å². The maximum atomic E-state index is 12.8. The summed E-state index contributed by atoms with van der Waals surface area (Å²) in [6.07, 6.45) is -4.48. The lowest BCUT2D eigenvalue weighted by Gasteiger charge is -2.22. The lowest BCUT2D eigenvalue weighted by atomic mass is 9.92. The maximum absolute atomic E-state index is 12.8. The van der Waals surface area contributed by atoms with E-state index in [9.17, 15) is 22.8 Å². The van der Waals surface area contributed by atoms with Crippen molar-refractivity contribution in [3.05, 3.63) is 71.3 Å². The van der Waals surface area contributed by atoms with E-state index >= 15 is 0 Å². The van der Waals surface area contributed by atoms with E-state index in [4.69, 9.17) is 0 Å². The van der Waals surface area contributed by atoms with Gasteiger partial charge in [0.05, 0.1) is 12.1 Å². The minimum absolute atomic E-state index is 0.225. The second kappa shape index (κ2) is 5.91. The molecule has 4 nitrogen and oxygen atoms in total. The summed E-state index contributed by atoms with van der Waals surface area (Å²) in [6, 6.07) is 12.7. The van der Waals surface area contributed by atoms with Crippen molar-refractivity contribution in [2.75, 3.05) is 0 Å². The minimum atomic E-state index is -4.48. The Balaban J connectivity index is 1.87. The van der Waals surface area contributed by atoms with Gasteiger partial charge in [-0.2, -0.15) is 13.2 Å². The highest BCUT2D eigenvalue weighted by Gasteiger charge is 2.48. The van der Waals surface area contributed by atoms with E-state index in [2.05, 4.69) is 5.32 Å². The first-order valence-electron chi connectivity index (χ1n) is 7.57. The molecule has 1 heterocycles. The standard InChI is InChI=1S/C18H15F3N2O2/c1-17(13-7-3-2-4-8-13)15(24)23(16(25)22-17)11-12-6-5-9-14(10-12)18(19,20)21/h2-10H,11H2,1H3,(H,22,25)/t17-/m1/s1. The van der Waals surface area contributed by atoms with Crippen LogP contribution in [0.5, 0.6) is 0 Å². The van der Waals surface area contributed by atoms with Crippen molar-refractivity contribution < 1.29 is 22.8 Å². The zero-order valence-electron chi connectivity index (χ0n) is 13.3. The van der Waals surface area contributed by atoms with Gasteiger partial charge in [-0.25, -0.2) is 4.79 Å². The first-order chi connectivity index (χ1) is 11.7. The monoisotopic (exact) mass is 348 g/mol. The number of nitrogens with one attached hydrogen (secondary N) is 1. The molecule has 1 saturated heterocycles. The fraction of sp³-hybridized carbons (Fsp3) is 0.222. The van der Waals surface area contributed by atoms with Gasteiger partial charge in [-0.15, -0.1) is 0 Å². The fourth-order valence-corrected chi connectivity index (χ4v) is 2.84. The molecular formula is C18H15F3N2O2. The molecule has 3 rings (SSSR count). The largest absolute Gasteiger partial charge is 0.416 e. The molecule has 1 aliphatic rings. The summed E-state index contributed by atoms with van der Waals surface area (Å²) in [5, 5.41) is 2.63. The number of rotatable bonds is 3. The van der Waals surface area contributed by atoms with Crippen LogP contribution in [0.1, 0.15) is 23.6 Å². The van der Waals surface area contributed by atoms with Crippen molar-refractivity contribution in [3.63, 3.8) is 0 Å². The van der Waals surface area contributed by atoms with Gasteiger partial charge in [-0.05, 0) is 30.2 Å². The Bertz CT molecular complexity index is 821. The smallest absolute Gasteiger partial charge is 0.319 e. The summed E-state index contributed by atoms with van der Waals surface area (Å²) in [4.78, 5) is 25.9. The molecule has 1 fully saturated rings. The van der Waals surface area contributed by atoms with Crippen LogP contribution >= 0.6 is 0 Å². The SMILES string of the molecule is C[C@]1(c2ccccc2)NC(=O)N(Cc2cccc(C(F)(F)F)c2)C1=O. The molecule has 3 amide bonds. The number of alkyl halides is 3. The number of halogens is 3. The third kappa shape index (κ3) is 3.09. The molecule has 0 bridgehead atoms. The van der Waals surface area contributed by atoms with Gasteiger partial charge in [0.15, 0.2) is 0 Å². The predicted octanol–water partition coefficient (Wildman–Crippen LogP) is 3.67. The number of amides is 3. The van der Waals surface area contributed by atoms with Crippen molar-refractivity contribution in [1.82, 2.24) is 10.2 Å². The summed E-state index contributed by atoms with van der Waals surface area (Å²) in [6.45, 7) is 1.35. The number of imide groups is 1. The normalized spacial score (nSPS) is 20.7. The molecule has 0 unspecified atom stereocenters. The van der Waals surface area contributed by atoms with Gasteiger partial charge in [0.1, 0.15) is 5.54 Å². The molecule has 0 radical (unpaired) electrons. The Labute approximate surface area is 142 Å². The van der Waals surface area contributed by atoms with E-state index in [-0.39, 0.29) is 12.1 Å². The highest BCUT2D eigenvalue weighted by Crippen LogP contribution is 2.32. The molecule has 2 aromatic rings. The third-order valence-electron chi connectivity index (χ3n) is 4.22. The topological polar surface area (TPSA) is 49.4 Å². The van der Waals surface area contributed by atoms with E-state index in [0.29, 0.717) is 5.56 Å². The number of benzene rings is 2. The van der Waals surface area contributed by atoms with Crippen molar-refractivity contribution in [1.29, 1.82) is 0 Å². The second-order valence-electron chi connectivity index (χ2n) is 6.01. The lowest BCUT2D eigenvalue weighted by Crippen LogP contribution is -2.40. The molecule has 0 saturated carbocycles. The van der Waals surface area contributed by atoms with Crippen LogP contribution in [0, 0.1) is 0 Å². The molecule has 0 aromatic heterocycles. The van der Waals surface area contributed by atoms with Gasteiger partial charge >= 0.3 is 12.2 Å². The average Bonchev–Trinajstić information content (AvgIpc) is 2.80. The summed E-state index contributed by atoms with van der Waals surface area (Å²) in [7, 11) is 0. The Morgan fingerprint density at radius 2 is 1.72 bits per heavy atom. The molecule has 0 aliphatic carbocycles. The van der Waals surface area contributed by atoms with E-state index < -0.39 is 29.2 Å². The van der Waals surface area contributed by atoms with Gasteiger partial charge in [-0.3, -0.25) is 9.69 Å². The number of hydrogen-bond acceptors (Lipinski definition) is 2. The van der Waals surface area contributed by atoms with E-state index in [0.717, 1.165) is 17.0 Å². The molecule has 7 heteroatoms. The van der Waals surface area contributed by atoms with Gasteiger partial charge in [-0.1, -0.05) is 42.5 Å². The van der Waals surface area contributed by atoms with Crippen molar-refractivity contribution in [3.8, 4) is 0 Å². The first kappa shape index (κ1) is 17.0. The van der Waals surface area contributed by atoms with Crippen LogP contribution in [0.4, 0.5) is 18.0 Å². The number of urea groups is 1. The molecule has 1 aliphatic heterocycles. The van der Waals surface area contributed by atoms with E-state index in [1.165, 1.54) is 12.1 Å². The minimum Gasteiger partial charge on any atom is -0.319 e. The average molecular weight is 348 g/mol. The summed E-state index contributed by atoms with van der Waals surface area (Å²) in [5.74, 6) is -0.499. The Morgan fingerprint density at radius 1 is 1.04 bits per heavy atom. The van der Waals surface area contributed by atoms with Gasteiger partial charge < -0.3 is 5.32 Å². The first-order valence-corrected chi connectivity index (χ1v) is 7.57. The predicted molar refractivity (Wildman–Crippen MR) is 84.3 cm³/mol. The van der Waals surface area contributed by atoms with E-state index in [1.807, 2.05) is 0 Å². The summed E-state index contributed by atoms with van der Waals surface area (Å²) >= 11 is 0. The summed E-state index contributed by atoms with van der Waals surface area (Å²) < 4.78 is 38.5. The summed E-state index contributed by atoms with van der Waals surface area (Å²) in [5.41, 5.74) is -1.21. The Morgan fingerprint density at radius 3 is 2.36 bits per heavy atom. The van der Waals surface area contributed by atoms with Crippen molar-refractivity contribution in [2.24, 2.45) is 0 Å². The van der Waals surface area contributed by atoms with Gasteiger partial charge in [0.2, 0.25) is 0 Å². The van der Waals surface area contributed by atoms with Crippen LogP contribution in [0.3, 0.4) is 0 Å². The number of carbonyl (C=O) groups excluding carboxylic acids is 2. The van der Waals surface area contributed by atoms with Crippen LogP contribution < -0.4 is 5.32 Å². The zero-order valence-corrected chi connectivity index (χ0v) is 13.3. The van der Waals surface area contributed by atoms with Gasteiger partial charge in [0, 0.05) is 0 Å². The quantitative estimate of drug-likeness (QED) is 0.861. The second-order valence-corrected chi connectivity index (χ2v) is 6.01. The number of carbonyl (C=O) groups is 2. The zero-order chi connectivity index (χ0) is 18.2. The molecule has 1 N–H and O–H groups in total. The van der Waals surface area contributed by atoms with Crippen molar-refractivity contribution >= 4 is 11.9 Å². The van der Waals surface area contributed by atoms with Gasteiger partial charge in [0.25, 0.3) is 5.91 Å². The molecule has 1 atom stereocenters. The van der Waals surface area contributed by atoms with Crippen molar-refractivity contribution in [2.45, 2.75) is 25.2 Å². The maximum Gasteiger partial charge on any atom is 0.416 e. The fourth-order valence-electron chi connectivity index (χ4n) is 2.84. The Kier molecular flexibility index (Phi) is 4.02. The lowest BCUT2D eigenvalue weighted by molar-refractivity contribution is -0.137. The Hall–Kier alpha value is -2.83. The highest BCUT2D eigenvalue weighted by atomic mass is 19.4. The molecular weight excluding hydrogens is 333 g/mol. The molecule has 2 aromatic carbocycles. The van der Waals surface area contributed by atoms with Crippen LogP contribution in [-0.4, -0.2) is 16.8 Å². The highest BCUT2D eigenvalue weighted by molar-refractivity contribution is 6.07. The van der Waals surface area contributed by atoms with Crippen LogP contribution in [0.25, 0.3) is 0 Å². The number of nitrogens with zero attached hydrogens (tertiary/aromatic N) is 1. The van der Waals surface area contributed by atoms with E-state index in [1.54, 1.807) is 37.3 Å². The van der Waals surface area contributed by atoms with Crippen LogP contribution in [-0.2, 0) is 23.1 Å².